The molecule has 0 fully saturated rings. The predicted molar refractivity (Wildman–Crippen MR) is 51.5 cm³/mol. The average molecular weight is 153 g/mol. The van der Waals surface area contributed by atoms with Crippen molar-refractivity contribution in [3.63, 3.8) is 0 Å². The monoisotopic (exact) mass is 153 g/mol. The van der Waals surface area contributed by atoms with Crippen LogP contribution in [-0.4, -0.2) is 6.54 Å². The third-order valence-electron chi connectivity index (χ3n) is 1.56. The van der Waals surface area contributed by atoms with Crippen LogP contribution in [-0.2, 0) is 0 Å². The molecule has 0 unspecified atom stereocenters. The van der Waals surface area contributed by atoms with E-state index in [9.17, 15) is 0 Å². The second-order valence-corrected chi connectivity index (χ2v) is 3.11. The van der Waals surface area contributed by atoms with E-state index in [2.05, 4.69) is 32.9 Å². The second kappa shape index (κ2) is 6.17. The van der Waals surface area contributed by atoms with Crippen LogP contribution in [0.1, 0.15) is 33.6 Å². The summed E-state index contributed by atoms with van der Waals surface area (Å²) in [7, 11) is 0. The summed E-state index contributed by atoms with van der Waals surface area (Å²) < 4.78 is 0. The summed E-state index contributed by atoms with van der Waals surface area (Å²) in [5.74, 6) is 0. The summed E-state index contributed by atoms with van der Waals surface area (Å²) in [5, 5.41) is 0. The molecule has 0 aromatic heterocycles. The second-order valence-electron chi connectivity index (χ2n) is 3.11. The van der Waals surface area contributed by atoms with Crippen molar-refractivity contribution >= 4 is 0 Å². The first-order chi connectivity index (χ1) is 5.16. The van der Waals surface area contributed by atoms with Gasteiger partial charge in [-0.3, -0.25) is 0 Å². The van der Waals surface area contributed by atoms with Gasteiger partial charge in [0.1, 0.15) is 0 Å². The Hall–Kier alpha value is -0.560. The lowest BCUT2D eigenvalue weighted by molar-refractivity contribution is 0.956. The minimum absolute atomic E-state index is 0.667. The molecule has 0 aromatic rings. The maximum atomic E-state index is 5.37. The van der Waals surface area contributed by atoms with Gasteiger partial charge in [-0.1, -0.05) is 23.3 Å². The lowest BCUT2D eigenvalue weighted by Crippen LogP contribution is -1.94. The minimum Gasteiger partial charge on any atom is -0.327 e. The van der Waals surface area contributed by atoms with Gasteiger partial charge in [-0.25, -0.2) is 0 Å². The topological polar surface area (TPSA) is 26.0 Å². The molecule has 0 bridgehead atoms. The summed E-state index contributed by atoms with van der Waals surface area (Å²) >= 11 is 0. The molecule has 11 heavy (non-hydrogen) atoms. The zero-order chi connectivity index (χ0) is 8.69. The van der Waals surface area contributed by atoms with Crippen molar-refractivity contribution in [2.24, 2.45) is 5.73 Å². The highest BCUT2D eigenvalue weighted by Gasteiger charge is 1.86. The SMILES string of the molecule is CC(C)=CCC/C(C)=C\CN. The van der Waals surface area contributed by atoms with Crippen LogP contribution in [0.5, 0.6) is 0 Å². The van der Waals surface area contributed by atoms with Crippen LogP contribution in [0.15, 0.2) is 23.3 Å². The standard InChI is InChI=1S/C10H19N/c1-9(2)5-4-6-10(3)7-8-11/h5,7H,4,6,8,11H2,1-3H3/b10-7-. The molecule has 0 heterocycles. The van der Waals surface area contributed by atoms with Crippen LogP contribution < -0.4 is 5.73 Å². The van der Waals surface area contributed by atoms with Crippen molar-refractivity contribution < 1.29 is 0 Å². The van der Waals surface area contributed by atoms with Gasteiger partial charge >= 0.3 is 0 Å². The number of hydrogen-bond acceptors (Lipinski definition) is 1. The molecule has 0 amide bonds. The lowest BCUT2D eigenvalue weighted by atomic mass is 10.1. The highest BCUT2D eigenvalue weighted by atomic mass is 14.5. The lowest BCUT2D eigenvalue weighted by Gasteiger charge is -1.96. The Labute approximate surface area is 70.0 Å². The van der Waals surface area contributed by atoms with Crippen LogP contribution in [0.2, 0.25) is 0 Å². The predicted octanol–water partition coefficient (Wildman–Crippen LogP) is 2.64. The van der Waals surface area contributed by atoms with Gasteiger partial charge in [0.15, 0.2) is 0 Å². The summed E-state index contributed by atoms with van der Waals surface area (Å²) in [6.07, 6.45) is 6.62. The van der Waals surface area contributed by atoms with Gasteiger partial charge < -0.3 is 5.73 Å². The van der Waals surface area contributed by atoms with Gasteiger partial charge in [0.05, 0.1) is 0 Å². The molecule has 0 atom stereocenters. The Morgan fingerprint density at radius 3 is 2.27 bits per heavy atom. The fraction of sp³-hybridized carbons (Fsp3) is 0.600. The fourth-order valence-corrected chi connectivity index (χ4v) is 0.892. The molecule has 0 saturated carbocycles. The van der Waals surface area contributed by atoms with Gasteiger partial charge in [0.2, 0.25) is 0 Å². The first-order valence-corrected chi connectivity index (χ1v) is 4.16. The molecule has 0 aliphatic rings. The molecule has 64 valence electrons. The molecule has 0 aromatic carbocycles. The van der Waals surface area contributed by atoms with Crippen LogP contribution in [0.3, 0.4) is 0 Å². The van der Waals surface area contributed by atoms with E-state index in [0.717, 1.165) is 12.8 Å². The third kappa shape index (κ3) is 7.34. The van der Waals surface area contributed by atoms with Crippen molar-refractivity contribution in [2.75, 3.05) is 6.54 Å². The largest absolute Gasteiger partial charge is 0.327 e. The summed E-state index contributed by atoms with van der Waals surface area (Å²) in [4.78, 5) is 0. The molecule has 1 heteroatoms. The van der Waals surface area contributed by atoms with Crippen molar-refractivity contribution in [3.05, 3.63) is 23.3 Å². The van der Waals surface area contributed by atoms with Gasteiger partial charge in [-0.15, -0.1) is 0 Å². The Morgan fingerprint density at radius 2 is 1.82 bits per heavy atom. The molecule has 0 rings (SSSR count). The molecule has 2 N–H and O–H groups in total. The van der Waals surface area contributed by atoms with Crippen molar-refractivity contribution in [2.45, 2.75) is 33.6 Å². The van der Waals surface area contributed by atoms with Gasteiger partial charge in [-0.2, -0.15) is 0 Å². The zero-order valence-electron chi connectivity index (χ0n) is 7.85. The highest BCUT2D eigenvalue weighted by molar-refractivity contribution is 5.02. The molecule has 0 aliphatic heterocycles. The summed E-state index contributed by atoms with van der Waals surface area (Å²) in [6, 6.07) is 0. The van der Waals surface area contributed by atoms with Gasteiger partial charge in [-0.05, 0) is 33.6 Å². The summed E-state index contributed by atoms with van der Waals surface area (Å²) in [5.41, 5.74) is 8.16. The number of rotatable bonds is 4. The minimum atomic E-state index is 0.667. The third-order valence-corrected chi connectivity index (χ3v) is 1.56. The van der Waals surface area contributed by atoms with Crippen LogP contribution in [0, 0.1) is 0 Å². The van der Waals surface area contributed by atoms with E-state index in [1.807, 2.05) is 0 Å². The fourth-order valence-electron chi connectivity index (χ4n) is 0.892. The molecule has 0 radical (unpaired) electrons. The first kappa shape index (κ1) is 10.4. The molecule has 1 nitrogen and oxygen atoms in total. The maximum absolute atomic E-state index is 5.37. The maximum Gasteiger partial charge on any atom is 0.0109 e. The van der Waals surface area contributed by atoms with Crippen LogP contribution in [0.4, 0.5) is 0 Å². The van der Waals surface area contributed by atoms with Crippen LogP contribution in [0.25, 0.3) is 0 Å². The van der Waals surface area contributed by atoms with E-state index in [1.54, 1.807) is 0 Å². The van der Waals surface area contributed by atoms with Gasteiger partial charge in [0.25, 0.3) is 0 Å². The number of hydrogen-bond donors (Lipinski definition) is 1. The van der Waals surface area contributed by atoms with Gasteiger partial charge in [0, 0.05) is 6.54 Å². The molecule has 0 spiro atoms. The average Bonchev–Trinajstić information content (AvgIpc) is 1.87. The van der Waals surface area contributed by atoms with Crippen LogP contribution >= 0.6 is 0 Å². The van der Waals surface area contributed by atoms with Crippen molar-refractivity contribution in [1.82, 2.24) is 0 Å². The first-order valence-electron chi connectivity index (χ1n) is 4.16. The Morgan fingerprint density at radius 1 is 1.18 bits per heavy atom. The smallest absolute Gasteiger partial charge is 0.0109 e. The van der Waals surface area contributed by atoms with E-state index in [0.29, 0.717) is 6.54 Å². The Kier molecular flexibility index (Phi) is 5.86. The molecule has 0 aliphatic carbocycles. The molecular weight excluding hydrogens is 134 g/mol. The van der Waals surface area contributed by atoms with E-state index >= 15 is 0 Å². The van der Waals surface area contributed by atoms with Crippen molar-refractivity contribution in [1.29, 1.82) is 0 Å². The normalized spacial score (nSPS) is 11.5. The van der Waals surface area contributed by atoms with Crippen molar-refractivity contribution in [3.8, 4) is 0 Å². The number of nitrogens with two attached hydrogens (primary N) is 1. The van der Waals surface area contributed by atoms with E-state index in [4.69, 9.17) is 5.73 Å². The zero-order valence-corrected chi connectivity index (χ0v) is 7.85. The summed E-state index contributed by atoms with van der Waals surface area (Å²) in [6.45, 7) is 7.05. The van der Waals surface area contributed by atoms with E-state index < -0.39 is 0 Å². The van der Waals surface area contributed by atoms with E-state index in [1.165, 1.54) is 11.1 Å². The quantitative estimate of drug-likeness (QED) is 0.617. The van der Waals surface area contributed by atoms with E-state index in [-0.39, 0.29) is 0 Å². The highest BCUT2D eigenvalue weighted by Crippen LogP contribution is 2.05. The Bertz CT molecular complexity index is 150. The molecule has 0 saturated heterocycles. The number of allylic oxidation sites excluding steroid dienone is 3. The molecular formula is C10H19N. The Balaban J connectivity index is 3.54.